The maximum Gasteiger partial charge on any atom is 0.127 e. The van der Waals surface area contributed by atoms with Crippen molar-refractivity contribution < 1.29 is 0 Å². The van der Waals surface area contributed by atoms with Crippen molar-refractivity contribution in [3.05, 3.63) is 88.7 Å². The summed E-state index contributed by atoms with van der Waals surface area (Å²) >= 11 is 1.86. The highest BCUT2D eigenvalue weighted by Gasteiger charge is 2.29. The Labute approximate surface area is 210 Å². The predicted octanol–water partition coefficient (Wildman–Crippen LogP) is 6.84. The monoisotopic (exact) mass is 474 g/mol. The van der Waals surface area contributed by atoms with Crippen molar-refractivity contribution in [2.24, 2.45) is 10.7 Å². The van der Waals surface area contributed by atoms with Gasteiger partial charge in [-0.2, -0.15) is 5.26 Å². The van der Waals surface area contributed by atoms with Gasteiger partial charge in [0.25, 0.3) is 0 Å². The molecule has 180 valence electrons. The quantitative estimate of drug-likeness (QED) is 0.204. The summed E-state index contributed by atoms with van der Waals surface area (Å²) in [6.07, 6.45) is 12.7. The Morgan fingerprint density at radius 1 is 1.32 bits per heavy atom. The lowest BCUT2D eigenvalue weighted by Gasteiger charge is -2.16. The number of rotatable bonds is 12. The van der Waals surface area contributed by atoms with Crippen LogP contribution in [0.3, 0.4) is 0 Å². The molecule has 0 fully saturated rings. The highest BCUT2D eigenvalue weighted by molar-refractivity contribution is 8.04. The van der Waals surface area contributed by atoms with Crippen molar-refractivity contribution >= 4 is 23.5 Å². The number of thioether (sulfide) groups is 1. The van der Waals surface area contributed by atoms with Gasteiger partial charge in [0.2, 0.25) is 0 Å². The molecule has 4 nitrogen and oxygen atoms in total. The van der Waals surface area contributed by atoms with E-state index in [2.05, 4.69) is 32.2 Å². The minimum absolute atomic E-state index is 0.234. The molecule has 2 N–H and O–H groups in total. The van der Waals surface area contributed by atoms with Crippen LogP contribution in [0.15, 0.2) is 82.5 Å². The number of nitrogens with zero attached hydrogens (tertiary/aromatic N) is 3. The molecule has 34 heavy (non-hydrogen) atoms. The van der Waals surface area contributed by atoms with Crippen LogP contribution < -0.4 is 5.73 Å². The predicted molar refractivity (Wildman–Crippen MR) is 150 cm³/mol. The molecule has 0 aromatic heterocycles. The van der Waals surface area contributed by atoms with E-state index in [-0.39, 0.29) is 6.04 Å². The van der Waals surface area contributed by atoms with Gasteiger partial charge in [0, 0.05) is 42.1 Å². The van der Waals surface area contributed by atoms with Crippen molar-refractivity contribution in [2.45, 2.75) is 57.2 Å². The highest BCUT2D eigenvalue weighted by Crippen LogP contribution is 2.48. The summed E-state index contributed by atoms with van der Waals surface area (Å²) in [6.45, 7) is 12.5. The second kappa shape index (κ2) is 13.8. The maximum atomic E-state index is 9.21. The summed E-state index contributed by atoms with van der Waals surface area (Å²) in [6, 6.07) is 10.3. The Morgan fingerprint density at radius 3 is 2.59 bits per heavy atom. The fourth-order valence-electron chi connectivity index (χ4n) is 3.86. The third kappa shape index (κ3) is 7.62. The molecule has 1 heterocycles. The summed E-state index contributed by atoms with van der Waals surface area (Å²) < 4.78 is 0. The SMILES string of the molecule is C=C/C=C(/N=C\C(=C/C)C1=C(c2ccc(C#N)cc2)CC(C(=C)CCC(N)CCC)S1)N(C)C. The number of nitriles is 1. The van der Waals surface area contributed by atoms with Gasteiger partial charge in [0.1, 0.15) is 5.82 Å². The van der Waals surface area contributed by atoms with Crippen LogP contribution in [-0.4, -0.2) is 36.5 Å². The van der Waals surface area contributed by atoms with E-state index < -0.39 is 0 Å². The highest BCUT2D eigenvalue weighted by atomic mass is 32.2. The van der Waals surface area contributed by atoms with Crippen molar-refractivity contribution in [1.29, 1.82) is 5.26 Å². The molecule has 1 aliphatic heterocycles. The zero-order valence-corrected chi connectivity index (χ0v) is 21.9. The van der Waals surface area contributed by atoms with Gasteiger partial charge in [0.15, 0.2) is 0 Å². The van der Waals surface area contributed by atoms with E-state index in [0.29, 0.717) is 10.8 Å². The molecular formula is C29H38N4S. The number of aliphatic imine (C=N–C) groups is 1. The minimum atomic E-state index is 0.234. The first-order chi connectivity index (χ1) is 16.3. The standard InChI is InChI=1S/C29H38N4S/c1-7-10-25(31)17-12-21(4)27-18-26(24-15-13-22(19-30)14-16-24)29(34-27)23(9-3)20-32-28(11-8-2)33(5)6/h8-9,11,13-16,20,25,27H,2,4,7,10,12,17-18,31H2,1,3,5-6H3/b23-9+,28-11-,32-20-. The zero-order valence-electron chi connectivity index (χ0n) is 21.1. The van der Waals surface area contributed by atoms with Crippen LogP contribution in [0.1, 0.15) is 57.1 Å². The molecule has 0 saturated heterocycles. The topological polar surface area (TPSA) is 65.4 Å². The van der Waals surface area contributed by atoms with Crippen LogP contribution >= 0.6 is 11.8 Å². The minimum Gasteiger partial charge on any atom is -0.363 e. The van der Waals surface area contributed by atoms with Gasteiger partial charge in [-0.15, -0.1) is 11.8 Å². The van der Waals surface area contributed by atoms with E-state index in [1.165, 1.54) is 16.1 Å². The van der Waals surface area contributed by atoms with Gasteiger partial charge in [-0.25, -0.2) is 4.99 Å². The van der Waals surface area contributed by atoms with Crippen molar-refractivity contribution in [3.8, 4) is 6.07 Å². The molecule has 1 aliphatic rings. The average Bonchev–Trinajstić information content (AvgIpc) is 3.27. The van der Waals surface area contributed by atoms with Crippen LogP contribution in [0.25, 0.3) is 5.57 Å². The molecular weight excluding hydrogens is 436 g/mol. The molecule has 2 unspecified atom stereocenters. The fraction of sp³-hybridized carbons (Fsp3) is 0.379. The van der Waals surface area contributed by atoms with Gasteiger partial charge in [-0.1, -0.05) is 56.4 Å². The smallest absolute Gasteiger partial charge is 0.127 e. The third-order valence-corrected chi connectivity index (χ3v) is 7.37. The second-order valence-corrected chi connectivity index (χ2v) is 9.92. The number of allylic oxidation sites excluding steroid dienone is 5. The largest absolute Gasteiger partial charge is 0.363 e. The Kier molecular flexibility index (Phi) is 11.1. The number of benzene rings is 1. The number of hydrogen-bond donors (Lipinski definition) is 1. The molecule has 1 aromatic rings. The Balaban J connectivity index is 2.36. The number of hydrogen-bond acceptors (Lipinski definition) is 5. The van der Waals surface area contributed by atoms with E-state index >= 15 is 0 Å². The van der Waals surface area contributed by atoms with Gasteiger partial charge in [0.05, 0.1) is 11.6 Å². The average molecular weight is 475 g/mol. The first kappa shape index (κ1) is 27.4. The molecule has 1 aromatic carbocycles. The fourth-order valence-corrected chi connectivity index (χ4v) is 5.33. The zero-order chi connectivity index (χ0) is 25.1. The molecule has 2 atom stereocenters. The third-order valence-electron chi connectivity index (χ3n) is 5.87. The maximum absolute atomic E-state index is 9.21. The van der Waals surface area contributed by atoms with Crippen LogP contribution in [0.5, 0.6) is 0 Å². The van der Waals surface area contributed by atoms with Crippen molar-refractivity contribution in [2.75, 3.05) is 14.1 Å². The summed E-state index contributed by atoms with van der Waals surface area (Å²) in [5.41, 5.74) is 11.7. The van der Waals surface area contributed by atoms with E-state index in [1.54, 1.807) is 6.08 Å². The summed E-state index contributed by atoms with van der Waals surface area (Å²) in [5, 5.41) is 9.51. The molecule has 0 amide bonds. The van der Waals surface area contributed by atoms with E-state index in [9.17, 15) is 5.26 Å². The van der Waals surface area contributed by atoms with Crippen LogP contribution in [0.2, 0.25) is 0 Å². The van der Waals surface area contributed by atoms with Gasteiger partial charge < -0.3 is 10.6 Å². The van der Waals surface area contributed by atoms with Gasteiger partial charge in [-0.05, 0) is 62.0 Å². The van der Waals surface area contributed by atoms with Gasteiger partial charge >= 0.3 is 0 Å². The van der Waals surface area contributed by atoms with Gasteiger partial charge in [-0.3, -0.25) is 0 Å². The van der Waals surface area contributed by atoms with Crippen molar-refractivity contribution in [3.63, 3.8) is 0 Å². The van der Waals surface area contributed by atoms with Crippen LogP contribution in [0.4, 0.5) is 0 Å². The Hall–Kier alpha value is -2.81. The molecule has 2 rings (SSSR count). The molecule has 0 aliphatic carbocycles. The summed E-state index contributed by atoms with van der Waals surface area (Å²) in [4.78, 5) is 7.91. The molecule has 0 bridgehead atoms. The molecule has 0 radical (unpaired) electrons. The van der Waals surface area contributed by atoms with Crippen LogP contribution in [-0.2, 0) is 0 Å². The van der Waals surface area contributed by atoms with Crippen LogP contribution in [0, 0.1) is 11.3 Å². The first-order valence-electron chi connectivity index (χ1n) is 11.9. The molecule has 5 heteroatoms. The van der Waals surface area contributed by atoms with E-state index in [0.717, 1.165) is 49.1 Å². The lowest BCUT2D eigenvalue weighted by atomic mass is 9.94. The Morgan fingerprint density at radius 2 is 2.03 bits per heavy atom. The lowest BCUT2D eigenvalue weighted by Crippen LogP contribution is -2.20. The second-order valence-electron chi connectivity index (χ2n) is 8.71. The molecule has 0 saturated carbocycles. The molecule has 0 spiro atoms. The first-order valence-corrected chi connectivity index (χ1v) is 12.8. The Bertz CT molecular complexity index is 1020. The number of nitrogens with two attached hydrogens (primary N) is 1. The van der Waals surface area contributed by atoms with E-state index in [1.807, 2.05) is 74.2 Å². The van der Waals surface area contributed by atoms with Crippen molar-refractivity contribution in [1.82, 2.24) is 4.90 Å². The summed E-state index contributed by atoms with van der Waals surface area (Å²) in [7, 11) is 3.94. The lowest BCUT2D eigenvalue weighted by molar-refractivity contribution is 0.507. The normalized spacial score (nSPS) is 17.7. The van der Waals surface area contributed by atoms with E-state index in [4.69, 9.17) is 10.7 Å². The summed E-state index contributed by atoms with van der Waals surface area (Å²) in [5.74, 6) is 0.837.